The fraction of sp³-hybridized carbons (Fsp3) is 0.364. The van der Waals surface area contributed by atoms with E-state index in [4.69, 9.17) is 0 Å². The minimum absolute atomic E-state index is 0.0293. The Balaban J connectivity index is 1.55. The number of anilines is 2. The van der Waals surface area contributed by atoms with Crippen molar-refractivity contribution in [1.82, 2.24) is 5.32 Å². The maximum Gasteiger partial charge on any atom is 0.231 e. The van der Waals surface area contributed by atoms with Crippen molar-refractivity contribution in [3.63, 3.8) is 0 Å². The Morgan fingerprint density at radius 2 is 1.81 bits per heavy atom. The van der Waals surface area contributed by atoms with Gasteiger partial charge in [-0.15, -0.1) is 0 Å². The van der Waals surface area contributed by atoms with Crippen molar-refractivity contribution in [1.29, 1.82) is 0 Å². The predicted molar refractivity (Wildman–Crippen MR) is 109 cm³/mol. The normalized spacial score (nSPS) is 19.3. The number of likely N-dealkylation sites (N-methyl/N-ethyl adjacent to an activating group) is 1. The molecule has 0 saturated carbocycles. The number of carbonyl (C=O) groups is 2. The van der Waals surface area contributed by atoms with Crippen LogP contribution in [0.4, 0.5) is 11.4 Å². The van der Waals surface area contributed by atoms with Crippen LogP contribution in [-0.2, 0) is 16.0 Å². The molecule has 1 heterocycles. The van der Waals surface area contributed by atoms with E-state index < -0.39 is 0 Å². The molecule has 2 N–H and O–H groups in total. The van der Waals surface area contributed by atoms with E-state index in [0.29, 0.717) is 12.5 Å². The molecule has 1 aliphatic heterocycles. The number of amides is 2. The van der Waals surface area contributed by atoms with Crippen molar-refractivity contribution >= 4 is 23.2 Å². The summed E-state index contributed by atoms with van der Waals surface area (Å²) in [6.45, 7) is 2.99. The zero-order chi connectivity index (χ0) is 19.2. The average molecular weight is 365 g/mol. The first-order valence-electron chi connectivity index (χ1n) is 9.47. The molecule has 0 radical (unpaired) electrons. The maximum atomic E-state index is 12.5. The maximum absolute atomic E-state index is 12.5. The van der Waals surface area contributed by atoms with Crippen LogP contribution in [0.25, 0.3) is 0 Å². The van der Waals surface area contributed by atoms with Crippen LogP contribution in [0.15, 0.2) is 54.6 Å². The van der Waals surface area contributed by atoms with Crippen LogP contribution in [0, 0.1) is 5.92 Å². The highest BCUT2D eigenvalue weighted by Crippen LogP contribution is 2.19. The second-order valence-electron chi connectivity index (χ2n) is 7.23. The van der Waals surface area contributed by atoms with Gasteiger partial charge in [-0.05, 0) is 56.1 Å². The molecule has 1 aliphatic rings. The molecule has 0 spiro atoms. The smallest absolute Gasteiger partial charge is 0.231 e. The molecule has 0 aromatic heterocycles. The molecule has 2 amide bonds. The van der Waals surface area contributed by atoms with E-state index >= 15 is 0 Å². The zero-order valence-corrected chi connectivity index (χ0v) is 15.9. The Morgan fingerprint density at radius 3 is 2.48 bits per heavy atom. The number of nitrogens with one attached hydrogen (secondary N) is 2. The van der Waals surface area contributed by atoms with Gasteiger partial charge in [0.1, 0.15) is 0 Å². The summed E-state index contributed by atoms with van der Waals surface area (Å²) in [4.78, 5) is 26.5. The summed E-state index contributed by atoms with van der Waals surface area (Å²) in [7, 11) is 1.78. The molecule has 2 atom stereocenters. The summed E-state index contributed by atoms with van der Waals surface area (Å²) in [5, 5.41) is 6.36. The topological polar surface area (TPSA) is 61.4 Å². The zero-order valence-electron chi connectivity index (χ0n) is 15.9. The number of hydrogen-bond donors (Lipinski definition) is 2. The first-order valence-corrected chi connectivity index (χ1v) is 9.47. The third kappa shape index (κ3) is 5.17. The second-order valence-corrected chi connectivity index (χ2v) is 7.23. The lowest BCUT2D eigenvalue weighted by atomic mass is 9.92. The van der Waals surface area contributed by atoms with Crippen LogP contribution in [0.5, 0.6) is 0 Å². The largest absolute Gasteiger partial charge is 0.326 e. The minimum Gasteiger partial charge on any atom is -0.326 e. The van der Waals surface area contributed by atoms with Crippen molar-refractivity contribution in [2.24, 2.45) is 5.92 Å². The van der Waals surface area contributed by atoms with E-state index in [-0.39, 0.29) is 17.7 Å². The van der Waals surface area contributed by atoms with Gasteiger partial charge in [0.15, 0.2) is 0 Å². The van der Waals surface area contributed by atoms with Gasteiger partial charge in [-0.25, -0.2) is 0 Å². The van der Waals surface area contributed by atoms with E-state index in [9.17, 15) is 9.59 Å². The summed E-state index contributed by atoms with van der Waals surface area (Å²) < 4.78 is 0. The van der Waals surface area contributed by atoms with Crippen LogP contribution >= 0.6 is 0 Å². The highest BCUT2D eigenvalue weighted by Gasteiger charge is 2.24. The fourth-order valence-corrected chi connectivity index (χ4v) is 3.41. The Morgan fingerprint density at radius 1 is 1.11 bits per heavy atom. The standard InChI is InChI=1S/C22H27N3O2/c1-16-14-18(12-13-23-16)22(27)24-19-10-8-17(9-11-19)15-21(26)25(2)20-6-4-3-5-7-20/h3-11,16,18,23H,12-15H2,1-2H3,(H,24,27)/t16-,18-/m0/s1. The van der Waals surface area contributed by atoms with Crippen LogP contribution in [0.3, 0.4) is 0 Å². The SMILES string of the molecule is C[C@H]1C[C@@H](C(=O)Nc2ccc(CC(=O)N(C)c3ccccc3)cc2)CCN1. The molecule has 2 aromatic carbocycles. The van der Waals surface area contributed by atoms with Crippen molar-refractivity contribution < 1.29 is 9.59 Å². The van der Waals surface area contributed by atoms with Crippen molar-refractivity contribution in [2.75, 3.05) is 23.8 Å². The summed E-state index contributed by atoms with van der Waals surface area (Å²) in [6.07, 6.45) is 2.06. The number of nitrogens with zero attached hydrogens (tertiary/aromatic N) is 1. The first-order chi connectivity index (χ1) is 13.0. The van der Waals surface area contributed by atoms with Gasteiger partial charge in [-0.3, -0.25) is 9.59 Å². The molecule has 2 aromatic rings. The number of para-hydroxylation sites is 1. The first kappa shape index (κ1) is 19.1. The van der Waals surface area contributed by atoms with Crippen LogP contribution in [0.2, 0.25) is 0 Å². The van der Waals surface area contributed by atoms with Crippen molar-refractivity contribution in [2.45, 2.75) is 32.2 Å². The van der Waals surface area contributed by atoms with E-state index in [1.165, 1.54) is 0 Å². The lowest BCUT2D eigenvalue weighted by Gasteiger charge is -2.27. The Labute approximate surface area is 160 Å². The molecule has 0 unspecified atom stereocenters. The van der Waals surface area contributed by atoms with E-state index in [1.807, 2.05) is 54.6 Å². The molecule has 5 nitrogen and oxygen atoms in total. The Kier molecular flexibility index (Phi) is 6.24. The van der Waals surface area contributed by atoms with Gasteiger partial charge in [0.05, 0.1) is 6.42 Å². The molecule has 5 heteroatoms. The highest BCUT2D eigenvalue weighted by molar-refractivity contribution is 5.95. The third-order valence-electron chi connectivity index (χ3n) is 5.09. The quantitative estimate of drug-likeness (QED) is 0.855. The summed E-state index contributed by atoms with van der Waals surface area (Å²) in [5.74, 6) is 0.166. The number of hydrogen-bond acceptors (Lipinski definition) is 3. The summed E-state index contributed by atoms with van der Waals surface area (Å²) >= 11 is 0. The lowest BCUT2D eigenvalue weighted by Crippen LogP contribution is -2.40. The fourth-order valence-electron chi connectivity index (χ4n) is 3.41. The molecule has 142 valence electrons. The van der Waals surface area contributed by atoms with Gasteiger partial charge in [0.2, 0.25) is 11.8 Å². The molecule has 0 aliphatic carbocycles. The van der Waals surface area contributed by atoms with Crippen LogP contribution < -0.4 is 15.5 Å². The molecule has 3 rings (SSSR count). The molecule has 1 fully saturated rings. The number of carbonyl (C=O) groups excluding carboxylic acids is 2. The molecular formula is C22H27N3O2. The van der Waals surface area contributed by atoms with Gasteiger partial charge in [0, 0.05) is 30.4 Å². The van der Waals surface area contributed by atoms with Gasteiger partial charge in [-0.2, -0.15) is 0 Å². The van der Waals surface area contributed by atoms with Crippen molar-refractivity contribution in [3.05, 3.63) is 60.2 Å². The van der Waals surface area contributed by atoms with Crippen LogP contribution in [-0.4, -0.2) is 31.4 Å². The predicted octanol–water partition coefficient (Wildman–Crippen LogP) is 3.22. The van der Waals surface area contributed by atoms with Gasteiger partial charge >= 0.3 is 0 Å². The number of rotatable bonds is 5. The van der Waals surface area contributed by atoms with Gasteiger partial charge < -0.3 is 15.5 Å². The molecular weight excluding hydrogens is 338 g/mol. The molecule has 0 bridgehead atoms. The Hall–Kier alpha value is -2.66. The Bertz CT molecular complexity index is 774. The van der Waals surface area contributed by atoms with Gasteiger partial charge in [-0.1, -0.05) is 30.3 Å². The second kappa shape index (κ2) is 8.82. The van der Waals surface area contributed by atoms with E-state index in [1.54, 1.807) is 11.9 Å². The molecule has 1 saturated heterocycles. The summed E-state index contributed by atoms with van der Waals surface area (Å²) in [5.41, 5.74) is 2.58. The van der Waals surface area contributed by atoms with Crippen LogP contribution in [0.1, 0.15) is 25.3 Å². The van der Waals surface area contributed by atoms with Crippen molar-refractivity contribution in [3.8, 4) is 0 Å². The number of piperidine rings is 1. The highest BCUT2D eigenvalue weighted by atomic mass is 16.2. The van der Waals surface area contributed by atoms with E-state index in [2.05, 4.69) is 17.6 Å². The monoisotopic (exact) mass is 365 g/mol. The lowest BCUT2D eigenvalue weighted by molar-refractivity contribution is -0.121. The number of benzene rings is 2. The summed E-state index contributed by atoms with van der Waals surface area (Å²) in [6, 6.07) is 17.5. The average Bonchev–Trinajstić information content (AvgIpc) is 2.69. The van der Waals surface area contributed by atoms with E-state index in [0.717, 1.165) is 36.3 Å². The third-order valence-corrected chi connectivity index (χ3v) is 5.09. The van der Waals surface area contributed by atoms with Gasteiger partial charge in [0.25, 0.3) is 0 Å². The minimum atomic E-state index is 0.0293. The molecule has 27 heavy (non-hydrogen) atoms.